The molecule has 0 aromatic heterocycles. The van der Waals surface area contributed by atoms with Crippen molar-refractivity contribution in [2.75, 3.05) is 6.54 Å². The molecule has 0 aliphatic rings. The normalized spacial score (nSPS) is 12.4. The molecule has 1 nitrogen and oxygen atoms in total. The molecule has 0 spiro atoms. The van der Waals surface area contributed by atoms with Gasteiger partial charge in [0.2, 0.25) is 0 Å². The van der Waals surface area contributed by atoms with E-state index in [1.165, 1.54) is 20.3 Å². The summed E-state index contributed by atoms with van der Waals surface area (Å²) in [6, 6.07) is 15.8. The molecular formula is C17H19BrIN. The fraction of sp³-hybridized carbons (Fsp3) is 0.294. The van der Waals surface area contributed by atoms with Gasteiger partial charge in [0.15, 0.2) is 0 Å². The highest BCUT2D eigenvalue weighted by Gasteiger charge is 2.12. The number of hydrogen-bond donors (Lipinski definition) is 1. The van der Waals surface area contributed by atoms with Gasteiger partial charge in [0, 0.05) is 14.1 Å². The third-order valence-electron chi connectivity index (χ3n) is 3.27. The number of benzene rings is 2. The summed E-state index contributed by atoms with van der Waals surface area (Å²) in [5.74, 6) is 0. The minimum atomic E-state index is 0.358. The Kier molecular flexibility index (Phi) is 6.05. The van der Waals surface area contributed by atoms with Gasteiger partial charge in [0.05, 0.1) is 0 Å². The average Bonchev–Trinajstić information content (AvgIpc) is 2.39. The highest BCUT2D eigenvalue weighted by Crippen LogP contribution is 2.24. The maximum absolute atomic E-state index is 3.60. The van der Waals surface area contributed by atoms with Crippen LogP contribution in [-0.2, 0) is 6.42 Å². The number of aryl methyl sites for hydroxylation is 1. The lowest BCUT2D eigenvalue weighted by atomic mass is 9.97. The molecule has 1 unspecified atom stereocenters. The first-order valence-corrected chi connectivity index (χ1v) is 8.70. The maximum atomic E-state index is 3.60. The summed E-state index contributed by atoms with van der Waals surface area (Å²) in [5, 5.41) is 3.59. The molecule has 0 amide bonds. The molecule has 0 radical (unpaired) electrons. The van der Waals surface area contributed by atoms with Crippen LogP contribution in [0.5, 0.6) is 0 Å². The number of halogens is 2. The van der Waals surface area contributed by atoms with Crippen LogP contribution < -0.4 is 5.32 Å². The van der Waals surface area contributed by atoms with Crippen LogP contribution in [0.25, 0.3) is 0 Å². The Morgan fingerprint density at radius 3 is 2.45 bits per heavy atom. The lowest BCUT2D eigenvalue weighted by Gasteiger charge is -2.19. The fourth-order valence-electron chi connectivity index (χ4n) is 2.38. The van der Waals surface area contributed by atoms with E-state index in [2.05, 4.69) is 100 Å². The Bertz CT molecular complexity index is 545. The van der Waals surface area contributed by atoms with Crippen LogP contribution in [0.15, 0.2) is 46.9 Å². The summed E-state index contributed by atoms with van der Waals surface area (Å²) in [5.41, 5.74) is 4.01. The van der Waals surface area contributed by atoms with Crippen molar-refractivity contribution >= 4 is 38.5 Å². The van der Waals surface area contributed by atoms with Crippen molar-refractivity contribution in [3.63, 3.8) is 0 Å². The van der Waals surface area contributed by atoms with Gasteiger partial charge < -0.3 is 5.32 Å². The fourth-order valence-corrected chi connectivity index (χ4v) is 3.36. The van der Waals surface area contributed by atoms with E-state index in [-0.39, 0.29) is 0 Å². The van der Waals surface area contributed by atoms with Crippen LogP contribution in [0.1, 0.15) is 29.7 Å². The van der Waals surface area contributed by atoms with E-state index in [0.717, 1.165) is 17.4 Å². The molecule has 0 saturated carbocycles. The van der Waals surface area contributed by atoms with Gasteiger partial charge in [-0.25, -0.2) is 0 Å². The first kappa shape index (κ1) is 16.0. The van der Waals surface area contributed by atoms with Crippen LogP contribution in [0.4, 0.5) is 0 Å². The summed E-state index contributed by atoms with van der Waals surface area (Å²) >= 11 is 5.94. The lowest BCUT2D eigenvalue weighted by molar-refractivity contribution is 0.549. The Morgan fingerprint density at radius 1 is 1.15 bits per heavy atom. The van der Waals surface area contributed by atoms with Gasteiger partial charge in [-0.15, -0.1) is 0 Å². The predicted molar refractivity (Wildman–Crippen MR) is 98.2 cm³/mol. The van der Waals surface area contributed by atoms with Gasteiger partial charge in [-0.05, 0) is 83.4 Å². The van der Waals surface area contributed by atoms with Crippen molar-refractivity contribution in [1.82, 2.24) is 5.32 Å². The van der Waals surface area contributed by atoms with Crippen LogP contribution >= 0.6 is 38.5 Å². The van der Waals surface area contributed by atoms with E-state index >= 15 is 0 Å². The molecule has 3 heteroatoms. The average molecular weight is 444 g/mol. The van der Waals surface area contributed by atoms with Crippen LogP contribution in [0.2, 0.25) is 0 Å². The van der Waals surface area contributed by atoms with Crippen molar-refractivity contribution < 1.29 is 0 Å². The summed E-state index contributed by atoms with van der Waals surface area (Å²) in [7, 11) is 0. The minimum Gasteiger partial charge on any atom is -0.310 e. The third kappa shape index (κ3) is 4.57. The molecule has 106 valence electrons. The van der Waals surface area contributed by atoms with Crippen molar-refractivity contribution in [3.8, 4) is 0 Å². The van der Waals surface area contributed by atoms with Crippen molar-refractivity contribution in [3.05, 3.63) is 67.2 Å². The van der Waals surface area contributed by atoms with Gasteiger partial charge in [-0.2, -0.15) is 0 Å². The Hall–Kier alpha value is -0.390. The highest BCUT2D eigenvalue weighted by atomic mass is 127. The van der Waals surface area contributed by atoms with E-state index in [4.69, 9.17) is 0 Å². The van der Waals surface area contributed by atoms with Gasteiger partial charge >= 0.3 is 0 Å². The molecule has 1 atom stereocenters. The molecular weight excluding hydrogens is 425 g/mol. The van der Waals surface area contributed by atoms with E-state index in [1.54, 1.807) is 0 Å². The first-order valence-electron chi connectivity index (χ1n) is 6.83. The molecule has 2 rings (SSSR count). The molecule has 0 aliphatic heterocycles. The van der Waals surface area contributed by atoms with E-state index in [9.17, 15) is 0 Å². The largest absolute Gasteiger partial charge is 0.310 e. The second kappa shape index (κ2) is 7.57. The summed E-state index contributed by atoms with van der Waals surface area (Å²) in [4.78, 5) is 0. The molecule has 20 heavy (non-hydrogen) atoms. The Morgan fingerprint density at radius 2 is 1.85 bits per heavy atom. The van der Waals surface area contributed by atoms with Gasteiger partial charge in [0.25, 0.3) is 0 Å². The molecule has 1 N–H and O–H groups in total. The molecule has 2 aromatic carbocycles. The van der Waals surface area contributed by atoms with Crippen molar-refractivity contribution in [1.29, 1.82) is 0 Å². The van der Waals surface area contributed by atoms with E-state index in [0.29, 0.717) is 6.04 Å². The molecule has 2 aromatic rings. The molecule has 0 heterocycles. The maximum Gasteiger partial charge on any atom is 0.0361 e. The van der Waals surface area contributed by atoms with E-state index < -0.39 is 0 Å². The van der Waals surface area contributed by atoms with Crippen molar-refractivity contribution in [2.24, 2.45) is 0 Å². The van der Waals surface area contributed by atoms with Crippen LogP contribution in [0.3, 0.4) is 0 Å². The lowest BCUT2D eigenvalue weighted by Crippen LogP contribution is -2.23. The van der Waals surface area contributed by atoms with Gasteiger partial charge in [-0.3, -0.25) is 0 Å². The molecule has 0 saturated heterocycles. The second-order valence-corrected chi connectivity index (χ2v) is 7.16. The Labute approximate surface area is 143 Å². The predicted octanol–water partition coefficient (Wildman–Crippen LogP) is 5.26. The van der Waals surface area contributed by atoms with Gasteiger partial charge in [-0.1, -0.05) is 41.1 Å². The SMILES string of the molecule is CCNC(Cc1ccc(I)cc1)c1cc(C)cc(Br)c1. The number of nitrogens with one attached hydrogen (secondary N) is 1. The number of hydrogen-bond acceptors (Lipinski definition) is 1. The first-order chi connectivity index (χ1) is 9.58. The van der Waals surface area contributed by atoms with Gasteiger partial charge in [0.1, 0.15) is 0 Å². The second-order valence-electron chi connectivity index (χ2n) is 5.00. The zero-order chi connectivity index (χ0) is 14.5. The smallest absolute Gasteiger partial charge is 0.0361 e. The highest BCUT2D eigenvalue weighted by molar-refractivity contribution is 14.1. The third-order valence-corrected chi connectivity index (χ3v) is 4.45. The van der Waals surface area contributed by atoms with E-state index in [1.807, 2.05) is 0 Å². The molecule has 0 aliphatic carbocycles. The molecule has 0 fully saturated rings. The topological polar surface area (TPSA) is 12.0 Å². The van der Waals surface area contributed by atoms with Crippen LogP contribution in [0, 0.1) is 10.5 Å². The zero-order valence-electron chi connectivity index (χ0n) is 11.8. The van der Waals surface area contributed by atoms with Crippen LogP contribution in [-0.4, -0.2) is 6.54 Å². The quantitative estimate of drug-likeness (QED) is 0.622. The number of likely N-dealkylation sites (N-methyl/N-ethyl adjacent to an activating group) is 1. The monoisotopic (exact) mass is 443 g/mol. The Balaban J connectivity index is 2.23. The summed E-state index contributed by atoms with van der Waals surface area (Å²) in [6.07, 6.45) is 1.01. The zero-order valence-corrected chi connectivity index (χ0v) is 15.5. The summed E-state index contributed by atoms with van der Waals surface area (Å²) < 4.78 is 2.43. The van der Waals surface area contributed by atoms with Crippen molar-refractivity contribution in [2.45, 2.75) is 26.3 Å². The molecule has 0 bridgehead atoms. The number of rotatable bonds is 5. The summed E-state index contributed by atoms with van der Waals surface area (Å²) in [6.45, 7) is 5.27. The minimum absolute atomic E-state index is 0.358. The standard InChI is InChI=1S/C17H19BrIN/c1-3-20-17(10-13-4-6-16(19)7-5-13)14-8-12(2)9-15(18)11-14/h4-9,11,17,20H,3,10H2,1-2H3.